The van der Waals surface area contributed by atoms with E-state index in [1.165, 1.54) is 5.56 Å². The minimum atomic E-state index is 0.212. The molecule has 3 nitrogen and oxygen atoms in total. The monoisotopic (exact) mass is 261 g/mol. The summed E-state index contributed by atoms with van der Waals surface area (Å²) in [5, 5.41) is 0. The molecule has 1 fully saturated rings. The number of ether oxygens (including phenoxy) is 1. The van der Waals surface area contributed by atoms with Crippen LogP contribution in [0.3, 0.4) is 0 Å². The van der Waals surface area contributed by atoms with Crippen LogP contribution in [0.1, 0.15) is 31.7 Å². The van der Waals surface area contributed by atoms with Gasteiger partial charge in [0.25, 0.3) is 0 Å². The second-order valence-corrected chi connectivity index (χ2v) is 5.26. The molecule has 1 aliphatic rings. The molecular weight excluding hydrogens is 238 g/mol. The molecule has 104 valence electrons. The Morgan fingerprint density at radius 1 is 1.47 bits per heavy atom. The van der Waals surface area contributed by atoms with Gasteiger partial charge in [0, 0.05) is 31.9 Å². The second-order valence-electron chi connectivity index (χ2n) is 5.26. The first kappa shape index (κ1) is 14.1. The van der Waals surface area contributed by atoms with Gasteiger partial charge in [-0.1, -0.05) is 12.1 Å². The lowest BCUT2D eigenvalue weighted by Gasteiger charge is -2.26. The maximum atomic E-state index is 12.4. The van der Waals surface area contributed by atoms with E-state index in [-0.39, 0.29) is 5.91 Å². The molecule has 1 unspecified atom stereocenters. The highest BCUT2D eigenvalue weighted by Crippen LogP contribution is 2.22. The van der Waals surface area contributed by atoms with E-state index in [1.807, 2.05) is 24.0 Å². The van der Waals surface area contributed by atoms with Crippen molar-refractivity contribution < 1.29 is 9.53 Å². The first-order chi connectivity index (χ1) is 9.20. The van der Waals surface area contributed by atoms with Crippen molar-refractivity contribution in [2.24, 2.45) is 5.92 Å². The summed E-state index contributed by atoms with van der Waals surface area (Å²) in [5.41, 5.74) is 2.19. The molecule has 0 saturated carbocycles. The van der Waals surface area contributed by atoms with Crippen molar-refractivity contribution in [1.29, 1.82) is 0 Å². The number of benzene rings is 1. The van der Waals surface area contributed by atoms with Gasteiger partial charge < -0.3 is 9.64 Å². The molecule has 1 amide bonds. The predicted octanol–water partition coefficient (Wildman–Crippen LogP) is 3.16. The van der Waals surface area contributed by atoms with Crippen molar-refractivity contribution in [3.63, 3.8) is 0 Å². The third-order valence-electron chi connectivity index (χ3n) is 3.65. The third kappa shape index (κ3) is 3.80. The molecular formula is C16H23NO2. The van der Waals surface area contributed by atoms with E-state index >= 15 is 0 Å². The molecule has 1 aliphatic heterocycles. The van der Waals surface area contributed by atoms with E-state index in [0.717, 1.165) is 38.3 Å². The molecule has 0 aliphatic carbocycles. The fourth-order valence-electron chi connectivity index (χ4n) is 2.62. The van der Waals surface area contributed by atoms with E-state index in [0.29, 0.717) is 12.3 Å². The average Bonchev–Trinajstić information content (AvgIpc) is 2.41. The van der Waals surface area contributed by atoms with Crippen LogP contribution in [0.15, 0.2) is 24.3 Å². The zero-order valence-corrected chi connectivity index (χ0v) is 11.9. The molecule has 0 bridgehead atoms. The molecule has 1 atom stereocenters. The highest BCUT2D eigenvalue weighted by atomic mass is 16.5. The van der Waals surface area contributed by atoms with Crippen LogP contribution in [0.2, 0.25) is 0 Å². The Balaban J connectivity index is 2.02. The summed E-state index contributed by atoms with van der Waals surface area (Å²) in [6.07, 6.45) is 2.79. The summed E-state index contributed by atoms with van der Waals surface area (Å²) in [7, 11) is 0. The summed E-state index contributed by atoms with van der Waals surface area (Å²) in [5.74, 6) is 0.601. The first-order valence-electron chi connectivity index (χ1n) is 7.15. The van der Waals surface area contributed by atoms with Crippen LogP contribution < -0.4 is 4.90 Å². The highest BCUT2D eigenvalue weighted by molar-refractivity contribution is 5.93. The molecule has 1 aromatic carbocycles. The summed E-state index contributed by atoms with van der Waals surface area (Å²) >= 11 is 0. The standard InChI is InChI=1S/C16H23NO2/c1-3-17(15-8-4-6-13(2)10-15)16(18)11-14-7-5-9-19-12-14/h4,6,8,10,14H,3,5,7,9,11-12H2,1-2H3. The molecule has 19 heavy (non-hydrogen) atoms. The van der Waals surface area contributed by atoms with E-state index in [1.54, 1.807) is 0 Å². The molecule has 0 N–H and O–H groups in total. The number of hydrogen-bond acceptors (Lipinski definition) is 2. The van der Waals surface area contributed by atoms with Gasteiger partial charge in [0.2, 0.25) is 5.91 Å². The van der Waals surface area contributed by atoms with E-state index < -0.39 is 0 Å². The number of nitrogens with zero attached hydrogens (tertiary/aromatic N) is 1. The molecule has 0 aromatic heterocycles. The number of amides is 1. The molecule has 3 heteroatoms. The number of aryl methyl sites for hydroxylation is 1. The smallest absolute Gasteiger partial charge is 0.227 e. The van der Waals surface area contributed by atoms with Gasteiger partial charge in [-0.05, 0) is 50.3 Å². The van der Waals surface area contributed by atoms with Gasteiger partial charge in [0.1, 0.15) is 0 Å². The van der Waals surface area contributed by atoms with Crippen molar-refractivity contribution in [3.05, 3.63) is 29.8 Å². The number of anilines is 1. The van der Waals surface area contributed by atoms with E-state index in [9.17, 15) is 4.79 Å². The van der Waals surface area contributed by atoms with E-state index in [2.05, 4.69) is 19.1 Å². The number of hydrogen-bond donors (Lipinski definition) is 0. The predicted molar refractivity (Wildman–Crippen MR) is 77.4 cm³/mol. The minimum Gasteiger partial charge on any atom is -0.381 e. The van der Waals surface area contributed by atoms with Crippen molar-refractivity contribution in [3.8, 4) is 0 Å². The number of rotatable bonds is 4. The fourth-order valence-corrected chi connectivity index (χ4v) is 2.62. The van der Waals surface area contributed by atoms with Crippen LogP contribution in [-0.4, -0.2) is 25.7 Å². The molecule has 1 saturated heterocycles. The first-order valence-corrected chi connectivity index (χ1v) is 7.15. The lowest BCUT2D eigenvalue weighted by molar-refractivity contribution is -0.120. The zero-order valence-electron chi connectivity index (χ0n) is 11.9. The summed E-state index contributed by atoms with van der Waals surface area (Å²) in [4.78, 5) is 14.3. The van der Waals surface area contributed by atoms with Gasteiger partial charge in [0.15, 0.2) is 0 Å². The van der Waals surface area contributed by atoms with Gasteiger partial charge in [0.05, 0.1) is 0 Å². The van der Waals surface area contributed by atoms with Crippen molar-refractivity contribution >= 4 is 11.6 Å². The van der Waals surface area contributed by atoms with Crippen LogP contribution >= 0.6 is 0 Å². The van der Waals surface area contributed by atoms with Crippen molar-refractivity contribution in [2.45, 2.75) is 33.1 Å². The van der Waals surface area contributed by atoms with E-state index in [4.69, 9.17) is 4.74 Å². The zero-order chi connectivity index (χ0) is 13.7. The molecule has 1 heterocycles. The molecule has 2 rings (SSSR count). The lowest BCUT2D eigenvalue weighted by Crippen LogP contribution is -2.33. The Hall–Kier alpha value is -1.35. The van der Waals surface area contributed by atoms with Gasteiger partial charge >= 0.3 is 0 Å². The summed E-state index contributed by atoms with van der Waals surface area (Å²) in [6, 6.07) is 8.13. The quantitative estimate of drug-likeness (QED) is 0.833. The highest BCUT2D eigenvalue weighted by Gasteiger charge is 2.21. The number of carbonyl (C=O) groups is 1. The number of carbonyl (C=O) groups excluding carboxylic acids is 1. The molecule has 0 spiro atoms. The maximum Gasteiger partial charge on any atom is 0.227 e. The lowest BCUT2D eigenvalue weighted by atomic mass is 9.98. The molecule has 1 aromatic rings. The Labute approximate surface area is 115 Å². The fraction of sp³-hybridized carbons (Fsp3) is 0.562. The van der Waals surface area contributed by atoms with Crippen LogP contribution in [0, 0.1) is 12.8 Å². The summed E-state index contributed by atoms with van der Waals surface area (Å²) < 4.78 is 5.45. The average molecular weight is 261 g/mol. The summed E-state index contributed by atoms with van der Waals surface area (Å²) in [6.45, 7) is 6.38. The Morgan fingerprint density at radius 2 is 2.32 bits per heavy atom. The SMILES string of the molecule is CCN(C(=O)CC1CCCOC1)c1cccc(C)c1. The van der Waals surface area contributed by atoms with Gasteiger partial charge in [-0.3, -0.25) is 4.79 Å². The maximum absolute atomic E-state index is 12.4. The largest absolute Gasteiger partial charge is 0.381 e. The Kier molecular flexibility index (Phi) is 4.97. The van der Waals surface area contributed by atoms with Crippen LogP contribution in [-0.2, 0) is 9.53 Å². The van der Waals surface area contributed by atoms with Gasteiger partial charge in [-0.15, -0.1) is 0 Å². The van der Waals surface area contributed by atoms with Crippen LogP contribution in [0.25, 0.3) is 0 Å². The normalized spacial score (nSPS) is 19.2. The Bertz CT molecular complexity index is 425. The topological polar surface area (TPSA) is 29.5 Å². The van der Waals surface area contributed by atoms with Crippen molar-refractivity contribution in [2.75, 3.05) is 24.7 Å². The van der Waals surface area contributed by atoms with Gasteiger partial charge in [-0.25, -0.2) is 0 Å². The van der Waals surface area contributed by atoms with Gasteiger partial charge in [-0.2, -0.15) is 0 Å². The van der Waals surface area contributed by atoms with Crippen molar-refractivity contribution in [1.82, 2.24) is 0 Å². The van der Waals surface area contributed by atoms with Crippen LogP contribution in [0.4, 0.5) is 5.69 Å². The minimum absolute atomic E-state index is 0.212. The third-order valence-corrected chi connectivity index (χ3v) is 3.65. The Morgan fingerprint density at radius 3 is 2.95 bits per heavy atom. The second kappa shape index (κ2) is 6.71. The molecule has 0 radical (unpaired) electrons. The van der Waals surface area contributed by atoms with Crippen LogP contribution in [0.5, 0.6) is 0 Å².